The van der Waals surface area contributed by atoms with Gasteiger partial charge in [0.15, 0.2) is 0 Å². The van der Waals surface area contributed by atoms with Crippen LogP contribution in [0, 0.1) is 0 Å². The first kappa shape index (κ1) is 12.4. The first-order valence-electron chi connectivity index (χ1n) is 5.93. The van der Waals surface area contributed by atoms with Crippen LogP contribution in [0.5, 0.6) is 0 Å². The topological polar surface area (TPSA) is 60.9 Å². The van der Waals surface area contributed by atoms with E-state index in [0.29, 0.717) is 13.0 Å². The van der Waals surface area contributed by atoms with Gasteiger partial charge in [0, 0.05) is 19.3 Å². The lowest BCUT2D eigenvalue weighted by molar-refractivity contribution is -0.141. The number of hydrogen-bond acceptors (Lipinski definition) is 2. The number of carbonyl (C=O) groups is 2. The summed E-state index contributed by atoms with van der Waals surface area (Å²) in [6, 6.07) is 8.26. The molecule has 18 heavy (non-hydrogen) atoms. The predicted octanol–water partition coefficient (Wildman–Crippen LogP) is 1.79. The highest BCUT2D eigenvalue weighted by Gasteiger charge is 2.35. The highest BCUT2D eigenvalue weighted by Crippen LogP contribution is 2.21. The Labute approximate surface area is 106 Å². The van der Waals surface area contributed by atoms with Crippen LogP contribution in [-0.2, 0) is 4.79 Å². The van der Waals surface area contributed by atoms with E-state index >= 15 is 0 Å². The fourth-order valence-electron chi connectivity index (χ4n) is 2.21. The summed E-state index contributed by atoms with van der Waals surface area (Å²) in [4.78, 5) is 26.2. The summed E-state index contributed by atoms with van der Waals surface area (Å²) in [5.41, 5.74) is 0.763. The molecule has 0 spiro atoms. The van der Waals surface area contributed by atoms with Gasteiger partial charge >= 0.3 is 12.0 Å². The number of benzene rings is 1. The van der Waals surface area contributed by atoms with E-state index in [1.807, 2.05) is 30.3 Å². The molecular weight excluding hydrogens is 232 g/mol. The standard InChI is InChI=1S/C13H16N2O3/c1-14(10-6-3-2-4-7-10)13(18)15-9-5-8-11(15)12(16)17/h2-4,6-7,11H,5,8-9H2,1H3,(H,16,17)/t11-/m1/s1. The smallest absolute Gasteiger partial charge is 0.326 e. The Hall–Kier alpha value is -2.04. The molecule has 1 aromatic rings. The van der Waals surface area contributed by atoms with Crippen LogP contribution in [0.15, 0.2) is 30.3 Å². The second-order valence-corrected chi connectivity index (χ2v) is 4.37. The Morgan fingerprint density at radius 1 is 1.33 bits per heavy atom. The molecule has 1 aromatic carbocycles. The normalized spacial score (nSPS) is 18.7. The molecule has 5 nitrogen and oxygen atoms in total. The zero-order valence-corrected chi connectivity index (χ0v) is 10.2. The molecule has 2 rings (SSSR count). The SMILES string of the molecule is CN(C(=O)N1CCC[C@@H]1C(=O)O)c1ccccc1. The number of anilines is 1. The highest BCUT2D eigenvalue weighted by atomic mass is 16.4. The Balaban J connectivity index is 2.14. The third kappa shape index (κ3) is 2.30. The van der Waals surface area contributed by atoms with Crippen molar-refractivity contribution in [2.45, 2.75) is 18.9 Å². The molecule has 1 heterocycles. The Morgan fingerprint density at radius 3 is 2.61 bits per heavy atom. The number of rotatable bonds is 2. The Bertz CT molecular complexity index is 447. The molecule has 96 valence electrons. The first-order chi connectivity index (χ1) is 8.61. The second kappa shape index (κ2) is 5.08. The lowest BCUT2D eigenvalue weighted by Gasteiger charge is -2.27. The minimum atomic E-state index is -0.928. The number of aliphatic carboxylic acids is 1. The van der Waals surface area contributed by atoms with Gasteiger partial charge in [-0.2, -0.15) is 0 Å². The monoisotopic (exact) mass is 248 g/mol. The van der Waals surface area contributed by atoms with Crippen molar-refractivity contribution >= 4 is 17.7 Å². The molecule has 5 heteroatoms. The van der Waals surface area contributed by atoms with Crippen molar-refractivity contribution in [1.82, 2.24) is 4.90 Å². The lowest BCUT2D eigenvalue weighted by Crippen LogP contribution is -2.46. The van der Waals surface area contributed by atoms with Crippen molar-refractivity contribution in [3.05, 3.63) is 30.3 Å². The van der Waals surface area contributed by atoms with Gasteiger partial charge in [0.2, 0.25) is 0 Å². The molecule has 1 aliphatic heterocycles. The van der Waals surface area contributed by atoms with E-state index in [-0.39, 0.29) is 6.03 Å². The van der Waals surface area contributed by atoms with Crippen LogP contribution in [0.2, 0.25) is 0 Å². The van der Waals surface area contributed by atoms with E-state index in [4.69, 9.17) is 5.11 Å². The van der Waals surface area contributed by atoms with Gasteiger partial charge in [-0.25, -0.2) is 9.59 Å². The number of nitrogens with zero attached hydrogens (tertiary/aromatic N) is 2. The molecule has 2 amide bonds. The zero-order valence-electron chi connectivity index (χ0n) is 10.2. The summed E-state index contributed by atoms with van der Waals surface area (Å²) < 4.78 is 0. The summed E-state index contributed by atoms with van der Waals surface area (Å²) in [5.74, 6) is -0.928. The van der Waals surface area contributed by atoms with Crippen LogP contribution in [0.3, 0.4) is 0 Å². The van der Waals surface area contributed by atoms with Crippen molar-refractivity contribution < 1.29 is 14.7 Å². The fraction of sp³-hybridized carbons (Fsp3) is 0.385. The maximum absolute atomic E-state index is 12.2. The van der Waals surface area contributed by atoms with E-state index in [1.165, 1.54) is 9.80 Å². The van der Waals surface area contributed by atoms with E-state index in [9.17, 15) is 9.59 Å². The maximum atomic E-state index is 12.2. The quantitative estimate of drug-likeness (QED) is 0.868. The van der Waals surface area contributed by atoms with Crippen LogP contribution >= 0.6 is 0 Å². The number of amides is 2. The Kier molecular flexibility index (Phi) is 3.50. The molecule has 0 saturated carbocycles. The van der Waals surface area contributed by atoms with Gasteiger partial charge in [0.05, 0.1) is 0 Å². The molecule has 0 unspecified atom stereocenters. The van der Waals surface area contributed by atoms with Gasteiger partial charge < -0.3 is 10.0 Å². The maximum Gasteiger partial charge on any atom is 0.326 e. The van der Waals surface area contributed by atoms with E-state index in [2.05, 4.69) is 0 Å². The van der Waals surface area contributed by atoms with Crippen LogP contribution in [0.4, 0.5) is 10.5 Å². The summed E-state index contributed by atoms with van der Waals surface area (Å²) in [5, 5.41) is 9.07. The van der Waals surface area contributed by atoms with Crippen molar-refractivity contribution in [3.63, 3.8) is 0 Å². The molecule has 0 bridgehead atoms. The molecule has 0 aromatic heterocycles. The molecule has 1 N–H and O–H groups in total. The summed E-state index contributed by atoms with van der Waals surface area (Å²) in [6.07, 6.45) is 1.27. The zero-order chi connectivity index (χ0) is 13.1. The number of carboxylic acid groups (broad SMARTS) is 1. The average Bonchev–Trinajstić information content (AvgIpc) is 2.87. The van der Waals surface area contributed by atoms with Crippen LogP contribution in [0.25, 0.3) is 0 Å². The van der Waals surface area contributed by atoms with Crippen LogP contribution in [0.1, 0.15) is 12.8 Å². The van der Waals surface area contributed by atoms with E-state index < -0.39 is 12.0 Å². The number of carbonyl (C=O) groups excluding carboxylic acids is 1. The Morgan fingerprint density at radius 2 is 2.00 bits per heavy atom. The highest BCUT2D eigenvalue weighted by molar-refractivity contribution is 5.94. The molecule has 1 fully saturated rings. The number of hydrogen-bond donors (Lipinski definition) is 1. The van der Waals surface area contributed by atoms with Gasteiger partial charge in [0.1, 0.15) is 6.04 Å². The van der Waals surface area contributed by atoms with E-state index in [1.54, 1.807) is 7.05 Å². The van der Waals surface area contributed by atoms with Crippen molar-refractivity contribution in [3.8, 4) is 0 Å². The third-order valence-corrected chi connectivity index (χ3v) is 3.21. The van der Waals surface area contributed by atoms with Gasteiger partial charge in [-0.05, 0) is 25.0 Å². The van der Waals surface area contributed by atoms with Crippen molar-refractivity contribution in [2.24, 2.45) is 0 Å². The molecule has 1 saturated heterocycles. The van der Waals surface area contributed by atoms with Crippen LogP contribution < -0.4 is 4.90 Å². The molecule has 0 aliphatic carbocycles. The first-order valence-corrected chi connectivity index (χ1v) is 5.93. The minimum absolute atomic E-state index is 0.258. The van der Waals surface area contributed by atoms with Gasteiger partial charge in [-0.3, -0.25) is 4.90 Å². The fourth-order valence-corrected chi connectivity index (χ4v) is 2.21. The van der Waals surface area contributed by atoms with Crippen LogP contribution in [-0.4, -0.2) is 41.6 Å². The van der Waals surface area contributed by atoms with Crippen molar-refractivity contribution in [1.29, 1.82) is 0 Å². The molecule has 1 aliphatic rings. The number of para-hydroxylation sites is 1. The average molecular weight is 248 g/mol. The van der Waals surface area contributed by atoms with Gasteiger partial charge in [-0.1, -0.05) is 18.2 Å². The van der Waals surface area contributed by atoms with Gasteiger partial charge in [0.25, 0.3) is 0 Å². The molecule has 1 atom stereocenters. The van der Waals surface area contributed by atoms with Gasteiger partial charge in [-0.15, -0.1) is 0 Å². The van der Waals surface area contributed by atoms with E-state index in [0.717, 1.165) is 12.1 Å². The number of carboxylic acids is 1. The summed E-state index contributed by atoms with van der Waals surface area (Å²) in [7, 11) is 1.66. The molecule has 0 radical (unpaired) electrons. The molecular formula is C13H16N2O3. The number of likely N-dealkylation sites (tertiary alicyclic amines) is 1. The predicted molar refractivity (Wildman–Crippen MR) is 67.6 cm³/mol. The summed E-state index contributed by atoms with van der Waals surface area (Å²) in [6.45, 7) is 0.507. The third-order valence-electron chi connectivity index (χ3n) is 3.21. The second-order valence-electron chi connectivity index (χ2n) is 4.37. The number of urea groups is 1. The minimum Gasteiger partial charge on any atom is -0.480 e. The largest absolute Gasteiger partial charge is 0.480 e. The summed E-state index contributed by atoms with van der Waals surface area (Å²) >= 11 is 0. The van der Waals surface area contributed by atoms with Crippen molar-refractivity contribution in [2.75, 3.05) is 18.5 Å². The lowest BCUT2D eigenvalue weighted by atomic mass is 10.2.